The largest absolute Gasteiger partial charge is 0.490 e. The Morgan fingerprint density at radius 3 is 2.66 bits per heavy atom. The van der Waals surface area contributed by atoms with Crippen LogP contribution in [-0.4, -0.2) is 26.9 Å². The van der Waals surface area contributed by atoms with Crippen LogP contribution in [0.3, 0.4) is 0 Å². The van der Waals surface area contributed by atoms with E-state index in [1.165, 1.54) is 12.1 Å². The number of amides is 1. The van der Waals surface area contributed by atoms with Gasteiger partial charge in [-0.15, -0.1) is 0 Å². The molecule has 1 unspecified atom stereocenters. The van der Waals surface area contributed by atoms with Crippen molar-refractivity contribution in [2.45, 2.75) is 26.0 Å². The summed E-state index contributed by atoms with van der Waals surface area (Å²) in [5, 5.41) is 11.5. The summed E-state index contributed by atoms with van der Waals surface area (Å²) in [6.45, 7) is 2.21. The zero-order valence-corrected chi connectivity index (χ0v) is 20.3. The number of benzene rings is 3. The van der Waals surface area contributed by atoms with Crippen molar-refractivity contribution >= 4 is 5.91 Å². The molecule has 1 amide bonds. The second-order valence-corrected chi connectivity index (χ2v) is 9.13. The molecule has 190 valence electrons. The van der Waals surface area contributed by atoms with Crippen LogP contribution in [0.5, 0.6) is 5.75 Å². The number of carbonyl (C=O) groups excluding carboxylic acids is 1. The lowest BCUT2D eigenvalue weighted by molar-refractivity contribution is 0.0942. The van der Waals surface area contributed by atoms with Gasteiger partial charge in [-0.05, 0) is 61.0 Å². The molecule has 0 fully saturated rings. The van der Waals surface area contributed by atoms with E-state index in [-0.39, 0.29) is 29.7 Å². The van der Waals surface area contributed by atoms with E-state index in [0.717, 1.165) is 52.4 Å². The topological polar surface area (TPSA) is 82.2 Å². The van der Waals surface area contributed by atoms with E-state index in [1.54, 1.807) is 4.68 Å². The second-order valence-electron chi connectivity index (χ2n) is 9.13. The summed E-state index contributed by atoms with van der Waals surface area (Å²) >= 11 is 0. The van der Waals surface area contributed by atoms with Gasteiger partial charge in [-0.2, -0.15) is 5.10 Å². The third kappa shape index (κ3) is 4.54. The molecule has 2 aromatic heterocycles. The van der Waals surface area contributed by atoms with Gasteiger partial charge in [0.2, 0.25) is 0 Å². The Labute approximate surface area is 216 Å². The normalized spacial score (nSPS) is 14.2. The fraction of sp³-hybridized carbons (Fsp3) is 0.138. The minimum atomic E-state index is -1.01. The SMILES string of the molecule is CC1Cc2cc(-c3nn(-c4ccccc4)cc3CNC(=O)c3cc(-c4ccc(F)c(F)c4)on3)ccc2O1. The molecule has 9 heteroatoms. The smallest absolute Gasteiger partial charge is 0.273 e. The van der Waals surface area contributed by atoms with Crippen molar-refractivity contribution < 1.29 is 22.8 Å². The first-order valence-corrected chi connectivity index (χ1v) is 12.1. The summed E-state index contributed by atoms with van der Waals surface area (Å²) in [4.78, 5) is 12.9. The molecule has 1 atom stereocenters. The predicted octanol–water partition coefficient (Wildman–Crippen LogP) is 5.73. The molecule has 1 aliphatic heterocycles. The molecule has 3 aromatic carbocycles. The summed E-state index contributed by atoms with van der Waals surface area (Å²) in [7, 11) is 0. The maximum absolute atomic E-state index is 13.6. The Hall–Kier alpha value is -4.79. The molecule has 0 saturated heterocycles. The molecule has 0 saturated carbocycles. The Morgan fingerprint density at radius 1 is 1.03 bits per heavy atom. The highest BCUT2D eigenvalue weighted by molar-refractivity contribution is 5.93. The Morgan fingerprint density at radius 2 is 1.84 bits per heavy atom. The molecule has 0 bridgehead atoms. The number of nitrogens with zero attached hydrogens (tertiary/aromatic N) is 3. The first-order valence-electron chi connectivity index (χ1n) is 12.1. The maximum Gasteiger partial charge on any atom is 0.273 e. The number of rotatable bonds is 6. The average molecular weight is 513 g/mol. The average Bonchev–Trinajstić information content (AvgIpc) is 3.67. The van der Waals surface area contributed by atoms with Gasteiger partial charge < -0.3 is 14.6 Å². The van der Waals surface area contributed by atoms with Crippen molar-refractivity contribution in [3.05, 3.63) is 107 Å². The van der Waals surface area contributed by atoms with Crippen molar-refractivity contribution in [1.82, 2.24) is 20.3 Å². The lowest BCUT2D eigenvalue weighted by Crippen LogP contribution is -2.23. The first kappa shape index (κ1) is 23.6. The fourth-order valence-corrected chi connectivity index (χ4v) is 4.50. The number of aromatic nitrogens is 3. The van der Waals surface area contributed by atoms with Gasteiger partial charge in [0, 0.05) is 41.9 Å². The van der Waals surface area contributed by atoms with Gasteiger partial charge in [0.05, 0.1) is 11.4 Å². The Balaban J connectivity index is 1.26. The lowest BCUT2D eigenvalue weighted by atomic mass is 10.0. The van der Waals surface area contributed by atoms with Crippen LogP contribution in [-0.2, 0) is 13.0 Å². The number of ether oxygens (including phenoxy) is 1. The molecule has 5 aromatic rings. The molecule has 6 rings (SSSR count). The number of nitrogens with one attached hydrogen (secondary N) is 1. The van der Waals surface area contributed by atoms with Gasteiger partial charge in [-0.25, -0.2) is 13.5 Å². The molecule has 7 nitrogen and oxygen atoms in total. The van der Waals surface area contributed by atoms with Crippen molar-refractivity contribution in [2.24, 2.45) is 0 Å². The van der Waals surface area contributed by atoms with Crippen molar-refractivity contribution in [2.75, 3.05) is 0 Å². The molecule has 0 aliphatic carbocycles. The maximum atomic E-state index is 13.6. The zero-order chi connectivity index (χ0) is 26.2. The number of hydrogen-bond donors (Lipinski definition) is 1. The van der Waals surface area contributed by atoms with E-state index in [1.807, 2.05) is 55.6 Å². The lowest BCUT2D eigenvalue weighted by Gasteiger charge is -2.06. The number of para-hydroxylation sites is 1. The predicted molar refractivity (Wildman–Crippen MR) is 136 cm³/mol. The summed E-state index contributed by atoms with van der Waals surface area (Å²) in [5.74, 6) is -1.43. The third-order valence-electron chi connectivity index (χ3n) is 6.37. The minimum Gasteiger partial charge on any atom is -0.490 e. The number of fused-ring (bicyclic) bond motifs is 1. The molecular weight excluding hydrogens is 490 g/mol. The van der Waals surface area contributed by atoms with E-state index < -0.39 is 17.5 Å². The van der Waals surface area contributed by atoms with Crippen LogP contribution in [0, 0.1) is 11.6 Å². The van der Waals surface area contributed by atoms with Crippen LogP contribution in [0.25, 0.3) is 28.3 Å². The highest BCUT2D eigenvalue weighted by Gasteiger charge is 2.22. The van der Waals surface area contributed by atoms with E-state index in [2.05, 4.69) is 16.5 Å². The van der Waals surface area contributed by atoms with Gasteiger partial charge in [0.1, 0.15) is 11.9 Å². The molecule has 1 N–H and O–H groups in total. The van der Waals surface area contributed by atoms with Crippen molar-refractivity contribution in [3.63, 3.8) is 0 Å². The minimum absolute atomic E-state index is 0.0189. The number of hydrogen-bond acceptors (Lipinski definition) is 5. The van der Waals surface area contributed by atoms with Gasteiger partial charge in [0.25, 0.3) is 5.91 Å². The highest BCUT2D eigenvalue weighted by atomic mass is 19.2. The van der Waals surface area contributed by atoms with E-state index in [9.17, 15) is 13.6 Å². The van der Waals surface area contributed by atoms with Crippen LogP contribution in [0.2, 0.25) is 0 Å². The first-order chi connectivity index (χ1) is 18.4. The Bertz CT molecular complexity index is 1650. The molecular formula is C29H22F2N4O3. The van der Waals surface area contributed by atoms with Crippen LogP contribution >= 0.6 is 0 Å². The molecule has 1 aliphatic rings. The van der Waals surface area contributed by atoms with Gasteiger partial charge in [-0.3, -0.25) is 4.79 Å². The standard InChI is InChI=1S/C29H22F2N4O3/c1-17-11-20-12-19(8-10-26(20)37-17)28-21(16-35(33-28)22-5-3-2-4-6-22)15-32-29(36)25-14-27(38-34-25)18-7-9-23(30)24(31)13-18/h2-10,12-14,16-17H,11,15H2,1H3,(H,32,36). The summed E-state index contributed by atoms with van der Waals surface area (Å²) in [6, 6.07) is 20.4. The van der Waals surface area contributed by atoms with Gasteiger partial charge in [-0.1, -0.05) is 23.4 Å². The van der Waals surface area contributed by atoms with Crippen LogP contribution < -0.4 is 10.1 Å². The summed E-state index contributed by atoms with van der Waals surface area (Å²) in [6.07, 6.45) is 2.83. The quantitative estimate of drug-likeness (QED) is 0.314. The van der Waals surface area contributed by atoms with E-state index in [0.29, 0.717) is 0 Å². The van der Waals surface area contributed by atoms with Crippen LogP contribution in [0.4, 0.5) is 8.78 Å². The van der Waals surface area contributed by atoms with Crippen LogP contribution in [0.15, 0.2) is 83.5 Å². The molecule has 38 heavy (non-hydrogen) atoms. The number of carbonyl (C=O) groups is 1. The third-order valence-corrected chi connectivity index (χ3v) is 6.37. The Kier molecular flexibility index (Phi) is 5.95. The van der Waals surface area contributed by atoms with E-state index in [4.69, 9.17) is 14.4 Å². The number of halogens is 2. The van der Waals surface area contributed by atoms with Crippen LogP contribution in [0.1, 0.15) is 28.5 Å². The van der Waals surface area contributed by atoms with E-state index >= 15 is 0 Å². The van der Waals surface area contributed by atoms with Crippen molar-refractivity contribution in [3.8, 4) is 34.0 Å². The zero-order valence-electron chi connectivity index (χ0n) is 20.3. The molecule has 0 spiro atoms. The molecule has 0 radical (unpaired) electrons. The van der Waals surface area contributed by atoms with Crippen molar-refractivity contribution in [1.29, 1.82) is 0 Å². The van der Waals surface area contributed by atoms with Gasteiger partial charge >= 0.3 is 0 Å². The summed E-state index contributed by atoms with van der Waals surface area (Å²) < 4.78 is 39.7. The second kappa shape index (κ2) is 9.59. The summed E-state index contributed by atoms with van der Waals surface area (Å²) in [5.41, 5.74) is 4.76. The van der Waals surface area contributed by atoms with Gasteiger partial charge in [0.15, 0.2) is 23.1 Å². The monoisotopic (exact) mass is 512 g/mol. The molecule has 3 heterocycles. The fourth-order valence-electron chi connectivity index (χ4n) is 4.50. The highest BCUT2D eigenvalue weighted by Crippen LogP contribution is 2.34.